The second-order valence-electron chi connectivity index (χ2n) is 3.98. The van der Waals surface area contributed by atoms with Crippen molar-refractivity contribution in [1.29, 1.82) is 0 Å². The summed E-state index contributed by atoms with van der Waals surface area (Å²) < 4.78 is 5.71. The predicted octanol–water partition coefficient (Wildman–Crippen LogP) is 5.00. The second-order valence-corrected chi connectivity index (χ2v) is 4.82. The lowest BCUT2D eigenvalue weighted by Gasteiger charge is -2.09. The topological polar surface area (TPSA) is 34.1 Å². The van der Waals surface area contributed by atoms with Gasteiger partial charge in [0.1, 0.15) is 17.3 Å². The Bertz CT molecular complexity index is 561. The largest absolute Gasteiger partial charge is 0.456 e. The molecule has 0 aliphatic carbocycles. The van der Waals surface area contributed by atoms with E-state index in [0.29, 0.717) is 21.5 Å². The standard InChI is InChI=1S/C14H14Cl2N2O/c1-2-6-17-14-9-11(5-7-18-14)19-13-4-3-10(15)8-12(13)16/h3-5,7-9H,2,6H2,1H3,(H,17,18). The molecule has 1 heterocycles. The molecule has 1 aromatic heterocycles. The number of anilines is 1. The Kier molecular flexibility index (Phi) is 4.88. The molecule has 0 saturated heterocycles. The molecule has 0 saturated carbocycles. The highest BCUT2D eigenvalue weighted by atomic mass is 35.5. The van der Waals surface area contributed by atoms with Crippen molar-refractivity contribution in [2.75, 3.05) is 11.9 Å². The van der Waals surface area contributed by atoms with Gasteiger partial charge in [-0.1, -0.05) is 30.1 Å². The van der Waals surface area contributed by atoms with Crippen LogP contribution in [0.15, 0.2) is 36.5 Å². The van der Waals surface area contributed by atoms with Gasteiger partial charge in [-0.05, 0) is 30.7 Å². The van der Waals surface area contributed by atoms with Crippen molar-refractivity contribution in [1.82, 2.24) is 4.98 Å². The van der Waals surface area contributed by atoms with E-state index in [0.717, 1.165) is 18.8 Å². The Hall–Kier alpha value is -1.45. The maximum atomic E-state index is 6.06. The minimum atomic E-state index is 0.479. The van der Waals surface area contributed by atoms with Gasteiger partial charge in [0.2, 0.25) is 0 Å². The molecule has 3 nitrogen and oxygen atoms in total. The molecule has 0 radical (unpaired) electrons. The molecule has 1 N–H and O–H groups in total. The molecule has 0 atom stereocenters. The van der Waals surface area contributed by atoms with Gasteiger partial charge in [-0.3, -0.25) is 0 Å². The highest BCUT2D eigenvalue weighted by Gasteiger charge is 2.05. The summed E-state index contributed by atoms with van der Waals surface area (Å²) in [6.45, 7) is 2.97. The maximum absolute atomic E-state index is 6.06. The molecule has 0 unspecified atom stereocenters. The first-order valence-electron chi connectivity index (χ1n) is 6.02. The fraction of sp³-hybridized carbons (Fsp3) is 0.214. The molecule has 0 spiro atoms. The van der Waals surface area contributed by atoms with E-state index in [4.69, 9.17) is 27.9 Å². The first-order valence-corrected chi connectivity index (χ1v) is 6.77. The van der Waals surface area contributed by atoms with Gasteiger partial charge in [-0.25, -0.2) is 4.98 Å². The summed E-state index contributed by atoms with van der Waals surface area (Å²) in [7, 11) is 0. The predicted molar refractivity (Wildman–Crippen MR) is 79.6 cm³/mol. The van der Waals surface area contributed by atoms with Gasteiger partial charge in [0, 0.05) is 23.8 Å². The SMILES string of the molecule is CCCNc1cc(Oc2ccc(Cl)cc2Cl)ccn1. The fourth-order valence-electron chi connectivity index (χ4n) is 1.51. The molecule has 0 aliphatic rings. The number of nitrogens with zero attached hydrogens (tertiary/aromatic N) is 1. The van der Waals surface area contributed by atoms with Crippen LogP contribution in [0.5, 0.6) is 11.5 Å². The van der Waals surface area contributed by atoms with E-state index < -0.39 is 0 Å². The van der Waals surface area contributed by atoms with Gasteiger partial charge < -0.3 is 10.1 Å². The number of rotatable bonds is 5. The van der Waals surface area contributed by atoms with Crippen LogP contribution >= 0.6 is 23.2 Å². The van der Waals surface area contributed by atoms with Crippen LogP contribution in [-0.2, 0) is 0 Å². The average molecular weight is 297 g/mol. The number of aromatic nitrogens is 1. The zero-order chi connectivity index (χ0) is 13.7. The fourth-order valence-corrected chi connectivity index (χ4v) is 1.96. The molecular formula is C14H14Cl2N2O. The van der Waals surface area contributed by atoms with Crippen molar-refractivity contribution in [2.24, 2.45) is 0 Å². The summed E-state index contributed by atoms with van der Waals surface area (Å²) >= 11 is 11.9. The lowest BCUT2D eigenvalue weighted by molar-refractivity contribution is 0.482. The van der Waals surface area contributed by atoms with Crippen molar-refractivity contribution in [3.8, 4) is 11.5 Å². The van der Waals surface area contributed by atoms with Gasteiger partial charge in [-0.15, -0.1) is 0 Å². The van der Waals surface area contributed by atoms with Gasteiger partial charge in [0.25, 0.3) is 0 Å². The Morgan fingerprint density at radius 1 is 1.21 bits per heavy atom. The summed E-state index contributed by atoms with van der Waals surface area (Å²) in [4.78, 5) is 4.21. The summed E-state index contributed by atoms with van der Waals surface area (Å²) in [5, 5.41) is 4.26. The monoisotopic (exact) mass is 296 g/mol. The third kappa shape index (κ3) is 4.01. The first-order chi connectivity index (χ1) is 9.19. The van der Waals surface area contributed by atoms with Crippen LogP contribution < -0.4 is 10.1 Å². The summed E-state index contributed by atoms with van der Waals surface area (Å²) in [6.07, 6.45) is 2.73. The number of benzene rings is 1. The van der Waals surface area contributed by atoms with Crippen LogP contribution in [0.1, 0.15) is 13.3 Å². The Morgan fingerprint density at radius 2 is 2.05 bits per heavy atom. The van der Waals surface area contributed by atoms with Crippen molar-refractivity contribution in [2.45, 2.75) is 13.3 Å². The Labute approximate surface area is 122 Å². The number of hydrogen-bond donors (Lipinski definition) is 1. The molecule has 0 aliphatic heterocycles. The first kappa shape index (κ1) is 14.0. The van der Waals surface area contributed by atoms with E-state index in [1.807, 2.05) is 6.07 Å². The van der Waals surface area contributed by atoms with E-state index in [-0.39, 0.29) is 0 Å². The minimum absolute atomic E-state index is 0.479. The zero-order valence-corrected chi connectivity index (χ0v) is 12.0. The van der Waals surface area contributed by atoms with Crippen LogP contribution in [-0.4, -0.2) is 11.5 Å². The van der Waals surface area contributed by atoms with Crippen molar-refractivity contribution in [3.05, 3.63) is 46.6 Å². The average Bonchev–Trinajstić information content (AvgIpc) is 2.40. The van der Waals surface area contributed by atoms with E-state index >= 15 is 0 Å². The normalized spacial score (nSPS) is 10.3. The smallest absolute Gasteiger partial charge is 0.146 e. The van der Waals surface area contributed by atoms with Crippen molar-refractivity contribution < 1.29 is 4.74 Å². The number of nitrogens with one attached hydrogen (secondary N) is 1. The molecule has 19 heavy (non-hydrogen) atoms. The van der Waals surface area contributed by atoms with Gasteiger partial charge in [-0.2, -0.15) is 0 Å². The summed E-state index contributed by atoms with van der Waals surface area (Å²) in [6, 6.07) is 8.74. The molecule has 0 bridgehead atoms. The number of halogens is 2. The second kappa shape index (κ2) is 6.64. The summed E-state index contributed by atoms with van der Waals surface area (Å²) in [5.74, 6) is 2.03. The number of pyridine rings is 1. The molecular weight excluding hydrogens is 283 g/mol. The zero-order valence-electron chi connectivity index (χ0n) is 10.5. The number of ether oxygens (including phenoxy) is 1. The molecule has 2 aromatic rings. The molecule has 5 heteroatoms. The molecule has 1 aromatic carbocycles. The quantitative estimate of drug-likeness (QED) is 0.843. The molecule has 2 rings (SSSR count). The van der Waals surface area contributed by atoms with Crippen LogP contribution in [0.2, 0.25) is 10.0 Å². The number of hydrogen-bond acceptors (Lipinski definition) is 3. The molecule has 100 valence electrons. The molecule has 0 amide bonds. The van der Waals surface area contributed by atoms with Gasteiger partial charge >= 0.3 is 0 Å². The van der Waals surface area contributed by atoms with E-state index in [1.54, 1.807) is 30.5 Å². The summed E-state index contributed by atoms with van der Waals surface area (Å²) in [5.41, 5.74) is 0. The van der Waals surface area contributed by atoms with E-state index in [1.165, 1.54) is 0 Å². The van der Waals surface area contributed by atoms with Crippen LogP contribution in [0.4, 0.5) is 5.82 Å². The van der Waals surface area contributed by atoms with Crippen molar-refractivity contribution in [3.63, 3.8) is 0 Å². The highest BCUT2D eigenvalue weighted by molar-refractivity contribution is 6.35. The molecule has 0 fully saturated rings. The lowest BCUT2D eigenvalue weighted by Crippen LogP contribution is -2.01. The van der Waals surface area contributed by atoms with Crippen LogP contribution in [0.25, 0.3) is 0 Å². The van der Waals surface area contributed by atoms with E-state index in [9.17, 15) is 0 Å². The maximum Gasteiger partial charge on any atom is 0.146 e. The minimum Gasteiger partial charge on any atom is -0.456 e. The van der Waals surface area contributed by atoms with Crippen LogP contribution in [0, 0.1) is 0 Å². The van der Waals surface area contributed by atoms with Crippen LogP contribution in [0.3, 0.4) is 0 Å². The Balaban J connectivity index is 2.14. The van der Waals surface area contributed by atoms with Crippen molar-refractivity contribution >= 4 is 29.0 Å². The highest BCUT2D eigenvalue weighted by Crippen LogP contribution is 2.31. The lowest BCUT2D eigenvalue weighted by atomic mass is 10.3. The van der Waals surface area contributed by atoms with E-state index in [2.05, 4.69) is 17.2 Å². The van der Waals surface area contributed by atoms with Gasteiger partial charge in [0.15, 0.2) is 0 Å². The third-order valence-electron chi connectivity index (χ3n) is 2.41. The third-order valence-corrected chi connectivity index (χ3v) is 2.94. The van der Waals surface area contributed by atoms with Gasteiger partial charge in [0.05, 0.1) is 5.02 Å². The Morgan fingerprint density at radius 3 is 2.79 bits per heavy atom.